The van der Waals surface area contributed by atoms with E-state index in [1.54, 1.807) is 6.07 Å². The van der Waals surface area contributed by atoms with Gasteiger partial charge in [-0.3, -0.25) is 0 Å². The maximum absolute atomic E-state index is 13.6. The normalized spacial score (nSPS) is 11.1. The molecule has 0 bridgehead atoms. The number of benzene rings is 3. The third kappa shape index (κ3) is 2.95. The van der Waals surface area contributed by atoms with E-state index in [0.29, 0.717) is 0 Å². The second-order valence-electron chi connectivity index (χ2n) is 4.83. The van der Waals surface area contributed by atoms with Crippen LogP contribution in [-0.2, 0) is 0 Å². The van der Waals surface area contributed by atoms with Gasteiger partial charge in [-0.1, -0.05) is 54.6 Å². The van der Waals surface area contributed by atoms with Crippen LogP contribution in [0.15, 0.2) is 60.7 Å². The van der Waals surface area contributed by atoms with Crippen LogP contribution in [0.2, 0.25) is 0 Å². The highest BCUT2D eigenvalue weighted by Crippen LogP contribution is 2.20. The summed E-state index contributed by atoms with van der Waals surface area (Å²) in [5, 5.41) is 2.41. The Kier molecular flexibility index (Phi) is 3.69. The molecule has 1 nitrogen and oxygen atoms in total. The molecule has 3 aromatic carbocycles. The van der Waals surface area contributed by atoms with Crippen molar-refractivity contribution in [2.24, 2.45) is 0 Å². The number of ether oxygens (including phenoxy) is 1. The third-order valence-corrected chi connectivity index (χ3v) is 3.42. The smallest absolute Gasteiger partial charge is 0.165 e. The van der Waals surface area contributed by atoms with Gasteiger partial charge in [-0.25, -0.2) is 4.39 Å². The fourth-order valence-corrected chi connectivity index (χ4v) is 2.29. The molecule has 0 fully saturated rings. The molecule has 0 aromatic heterocycles. The fraction of sp³-hybridized carbons (Fsp3) is 0.0526. The van der Waals surface area contributed by atoms with Crippen LogP contribution in [-0.4, -0.2) is 7.11 Å². The maximum atomic E-state index is 13.6. The first-order valence-corrected chi connectivity index (χ1v) is 6.77. The van der Waals surface area contributed by atoms with Crippen molar-refractivity contribution in [1.29, 1.82) is 0 Å². The zero-order valence-electron chi connectivity index (χ0n) is 11.7. The van der Waals surface area contributed by atoms with Crippen LogP contribution in [0.25, 0.3) is 22.9 Å². The highest BCUT2D eigenvalue weighted by molar-refractivity contribution is 5.85. The van der Waals surface area contributed by atoms with Crippen LogP contribution in [0, 0.1) is 5.82 Å². The van der Waals surface area contributed by atoms with Gasteiger partial charge in [-0.15, -0.1) is 0 Å². The first-order chi connectivity index (χ1) is 10.3. The summed E-state index contributed by atoms with van der Waals surface area (Å²) in [5.41, 5.74) is 1.89. The molecule has 3 rings (SSSR count). The first kappa shape index (κ1) is 13.4. The molecule has 0 aliphatic carbocycles. The molecule has 0 atom stereocenters. The van der Waals surface area contributed by atoms with E-state index in [9.17, 15) is 4.39 Å². The van der Waals surface area contributed by atoms with Gasteiger partial charge in [0, 0.05) is 0 Å². The van der Waals surface area contributed by atoms with E-state index < -0.39 is 0 Å². The van der Waals surface area contributed by atoms with Gasteiger partial charge >= 0.3 is 0 Å². The van der Waals surface area contributed by atoms with Crippen molar-refractivity contribution >= 4 is 22.9 Å². The molecule has 0 N–H and O–H groups in total. The zero-order valence-corrected chi connectivity index (χ0v) is 11.7. The van der Waals surface area contributed by atoms with Gasteiger partial charge < -0.3 is 4.74 Å². The van der Waals surface area contributed by atoms with Gasteiger partial charge in [-0.2, -0.15) is 0 Å². The van der Waals surface area contributed by atoms with Gasteiger partial charge in [-0.05, 0) is 40.1 Å². The Balaban J connectivity index is 1.88. The molecule has 0 radical (unpaired) electrons. The average Bonchev–Trinajstić information content (AvgIpc) is 2.53. The van der Waals surface area contributed by atoms with Crippen LogP contribution in [0.1, 0.15) is 11.1 Å². The summed E-state index contributed by atoms with van der Waals surface area (Å²) < 4.78 is 18.5. The van der Waals surface area contributed by atoms with Crippen LogP contribution in [0.5, 0.6) is 5.75 Å². The van der Waals surface area contributed by atoms with Gasteiger partial charge in [0.05, 0.1) is 7.11 Å². The number of hydrogen-bond donors (Lipinski definition) is 0. The Morgan fingerprint density at radius 3 is 2.19 bits per heavy atom. The van der Waals surface area contributed by atoms with E-state index in [2.05, 4.69) is 30.3 Å². The molecule has 0 heterocycles. The minimum absolute atomic E-state index is 0.262. The maximum Gasteiger partial charge on any atom is 0.165 e. The summed E-state index contributed by atoms with van der Waals surface area (Å²) in [6, 6.07) is 19.4. The Hall–Kier alpha value is -2.61. The molecule has 2 heteroatoms. The van der Waals surface area contributed by atoms with Gasteiger partial charge in [0.15, 0.2) is 11.6 Å². The van der Waals surface area contributed by atoms with Crippen molar-refractivity contribution in [2.45, 2.75) is 0 Å². The monoisotopic (exact) mass is 278 g/mol. The average molecular weight is 278 g/mol. The molecule has 0 unspecified atom stereocenters. The Morgan fingerprint density at radius 2 is 1.48 bits per heavy atom. The van der Waals surface area contributed by atoms with Crippen molar-refractivity contribution in [1.82, 2.24) is 0 Å². The Labute approximate surface area is 123 Å². The summed E-state index contributed by atoms with van der Waals surface area (Å²) in [7, 11) is 1.46. The molecule has 0 spiro atoms. The summed E-state index contributed by atoms with van der Waals surface area (Å²) in [6.45, 7) is 0. The zero-order chi connectivity index (χ0) is 14.7. The highest BCUT2D eigenvalue weighted by atomic mass is 19.1. The van der Waals surface area contributed by atoms with Crippen molar-refractivity contribution in [3.05, 3.63) is 77.6 Å². The second-order valence-corrected chi connectivity index (χ2v) is 4.83. The Morgan fingerprint density at radius 1 is 0.810 bits per heavy atom. The lowest BCUT2D eigenvalue weighted by Crippen LogP contribution is -1.87. The quantitative estimate of drug-likeness (QED) is 0.601. The largest absolute Gasteiger partial charge is 0.494 e. The molecule has 0 saturated carbocycles. The van der Waals surface area contributed by atoms with Gasteiger partial charge in [0.1, 0.15) is 0 Å². The number of rotatable bonds is 3. The van der Waals surface area contributed by atoms with Crippen molar-refractivity contribution in [3.63, 3.8) is 0 Å². The van der Waals surface area contributed by atoms with Gasteiger partial charge in [0.25, 0.3) is 0 Å². The molecule has 0 aliphatic rings. The molecular weight excluding hydrogens is 263 g/mol. The molecule has 0 saturated heterocycles. The number of methoxy groups -OCH3 is 1. The summed E-state index contributed by atoms with van der Waals surface area (Å²) in [6.07, 6.45) is 3.88. The van der Waals surface area contributed by atoms with E-state index in [4.69, 9.17) is 4.74 Å². The molecule has 21 heavy (non-hydrogen) atoms. The topological polar surface area (TPSA) is 9.23 Å². The minimum Gasteiger partial charge on any atom is -0.494 e. The summed E-state index contributed by atoms with van der Waals surface area (Å²) in [5.74, 6) is -0.0870. The van der Waals surface area contributed by atoms with E-state index in [-0.39, 0.29) is 11.6 Å². The van der Waals surface area contributed by atoms with E-state index in [0.717, 1.165) is 11.1 Å². The van der Waals surface area contributed by atoms with Gasteiger partial charge in [0.2, 0.25) is 0 Å². The molecule has 0 amide bonds. The van der Waals surface area contributed by atoms with E-state index >= 15 is 0 Å². The van der Waals surface area contributed by atoms with Crippen molar-refractivity contribution in [2.75, 3.05) is 7.11 Å². The third-order valence-electron chi connectivity index (χ3n) is 3.42. The van der Waals surface area contributed by atoms with Crippen molar-refractivity contribution < 1.29 is 9.13 Å². The predicted molar refractivity (Wildman–Crippen MR) is 85.8 cm³/mol. The van der Waals surface area contributed by atoms with Crippen LogP contribution in [0.4, 0.5) is 4.39 Å². The number of hydrogen-bond acceptors (Lipinski definition) is 1. The molecule has 104 valence electrons. The lowest BCUT2D eigenvalue weighted by atomic mass is 10.1. The van der Waals surface area contributed by atoms with Crippen LogP contribution >= 0.6 is 0 Å². The van der Waals surface area contributed by atoms with Crippen LogP contribution < -0.4 is 4.74 Å². The Bertz CT molecular complexity index is 806. The lowest BCUT2D eigenvalue weighted by Gasteiger charge is -2.02. The molecular formula is C19H15FO. The lowest BCUT2D eigenvalue weighted by molar-refractivity contribution is 0.386. The molecule has 0 aliphatic heterocycles. The molecule has 3 aromatic rings. The fourth-order valence-electron chi connectivity index (χ4n) is 2.29. The summed E-state index contributed by atoms with van der Waals surface area (Å²) >= 11 is 0. The highest BCUT2D eigenvalue weighted by Gasteiger charge is 2.01. The minimum atomic E-state index is -0.349. The first-order valence-electron chi connectivity index (χ1n) is 6.77. The second kappa shape index (κ2) is 5.80. The summed E-state index contributed by atoms with van der Waals surface area (Å²) in [4.78, 5) is 0. The predicted octanol–water partition coefficient (Wildman–Crippen LogP) is 5.16. The van der Waals surface area contributed by atoms with E-state index in [1.165, 1.54) is 23.9 Å². The SMILES string of the molecule is COc1ccc(/C=C\c2ccc3ccccc3c2)cc1F. The standard InChI is InChI=1S/C19H15FO/c1-21-19-11-9-15(13-18(19)20)7-6-14-8-10-16-4-2-3-5-17(16)12-14/h2-13H,1H3/b7-6-. The van der Waals surface area contributed by atoms with Crippen LogP contribution in [0.3, 0.4) is 0 Å². The van der Waals surface area contributed by atoms with Crippen molar-refractivity contribution in [3.8, 4) is 5.75 Å². The number of fused-ring (bicyclic) bond motifs is 1. The number of halogens is 1. The van der Waals surface area contributed by atoms with E-state index in [1.807, 2.05) is 30.4 Å².